The van der Waals surface area contributed by atoms with Crippen LogP contribution in [-0.2, 0) is 21.4 Å². The second kappa shape index (κ2) is 5.55. The Balaban J connectivity index is 1.56. The summed E-state index contributed by atoms with van der Waals surface area (Å²) >= 11 is 0. The Morgan fingerprint density at radius 2 is 1.96 bits per heavy atom. The summed E-state index contributed by atoms with van der Waals surface area (Å²) < 4.78 is 6.91. The highest BCUT2D eigenvalue weighted by Gasteiger charge is 2.55. The fourth-order valence-corrected chi connectivity index (χ4v) is 4.08. The second-order valence-corrected chi connectivity index (χ2v) is 6.81. The topological polar surface area (TPSA) is 88.0 Å². The van der Waals surface area contributed by atoms with E-state index < -0.39 is 12.1 Å². The first-order valence-corrected chi connectivity index (χ1v) is 8.41. The first kappa shape index (κ1) is 16.1. The Labute approximate surface area is 145 Å². The largest absolute Gasteiger partial charge is 0.380 e. The number of urea groups is 1. The van der Waals surface area contributed by atoms with E-state index in [1.54, 1.807) is 23.7 Å². The molecule has 0 N–H and O–H groups in total. The Kier molecular flexibility index (Phi) is 3.57. The molecule has 0 aromatic carbocycles. The second-order valence-electron chi connectivity index (χ2n) is 6.81. The average molecular weight is 347 g/mol. The van der Waals surface area contributed by atoms with Gasteiger partial charge in [-0.25, -0.2) is 9.69 Å². The van der Waals surface area contributed by atoms with Crippen LogP contribution in [0.25, 0.3) is 0 Å². The number of hydrogen-bond acceptors (Lipinski definition) is 5. The highest BCUT2D eigenvalue weighted by Crippen LogP contribution is 2.33. The van der Waals surface area contributed by atoms with Crippen LogP contribution in [0.4, 0.5) is 10.6 Å². The molecule has 3 aliphatic heterocycles. The maximum Gasteiger partial charge on any atom is 0.328 e. The van der Waals surface area contributed by atoms with Crippen molar-refractivity contribution in [1.82, 2.24) is 19.6 Å². The third kappa shape index (κ3) is 2.25. The molecule has 3 fully saturated rings. The highest BCUT2D eigenvalue weighted by atomic mass is 16.5. The van der Waals surface area contributed by atoms with Gasteiger partial charge in [-0.3, -0.25) is 19.2 Å². The van der Waals surface area contributed by atoms with Crippen LogP contribution in [0.1, 0.15) is 18.5 Å². The molecule has 1 aromatic rings. The number of carbonyl (C=O) groups excluding carboxylic acids is 3. The number of nitrogens with zero attached hydrogens (tertiary/aromatic N) is 5. The number of fused-ring (bicyclic) bond motifs is 1. The molecule has 4 amide bonds. The smallest absolute Gasteiger partial charge is 0.328 e. The van der Waals surface area contributed by atoms with Crippen LogP contribution in [0.3, 0.4) is 0 Å². The quantitative estimate of drug-likeness (QED) is 0.712. The average Bonchev–Trinajstić information content (AvgIpc) is 3.28. The number of carbonyl (C=O) groups is 3. The minimum atomic E-state index is -0.734. The summed E-state index contributed by atoms with van der Waals surface area (Å²) in [4.78, 5) is 42.6. The summed E-state index contributed by atoms with van der Waals surface area (Å²) in [6.45, 7) is 2.72. The van der Waals surface area contributed by atoms with Gasteiger partial charge in [-0.05, 0) is 13.3 Å². The highest BCUT2D eigenvalue weighted by molar-refractivity contribution is 6.10. The number of amides is 4. The number of ether oxygens (including phenoxy) is 1. The van der Waals surface area contributed by atoms with Crippen molar-refractivity contribution in [1.29, 1.82) is 0 Å². The van der Waals surface area contributed by atoms with Gasteiger partial charge in [0.25, 0.3) is 11.8 Å². The van der Waals surface area contributed by atoms with E-state index in [1.165, 1.54) is 4.90 Å². The standard InChI is InChI=1S/C16H21N5O4/c1-9-6-13(18(2)17-9)19-5-4-11(14(19)22)21-15(23)12-7-10(25-3)8-20(12)16(21)24/h6,10-12H,4-5,7-8H2,1-3H3/t10-,11+,12-/m1/s1. The monoisotopic (exact) mass is 347 g/mol. The molecule has 3 aliphatic rings. The third-order valence-corrected chi connectivity index (χ3v) is 5.31. The van der Waals surface area contributed by atoms with Gasteiger partial charge in [0.1, 0.15) is 17.9 Å². The molecule has 3 saturated heterocycles. The molecule has 0 unspecified atom stereocenters. The van der Waals surface area contributed by atoms with Crippen molar-refractivity contribution < 1.29 is 19.1 Å². The number of hydrogen-bond donors (Lipinski definition) is 0. The predicted molar refractivity (Wildman–Crippen MR) is 86.9 cm³/mol. The molecule has 0 aliphatic carbocycles. The molecule has 4 rings (SSSR count). The molecular formula is C16H21N5O4. The Morgan fingerprint density at radius 1 is 1.20 bits per heavy atom. The molecule has 4 heterocycles. The van der Waals surface area contributed by atoms with Crippen molar-refractivity contribution >= 4 is 23.7 Å². The SMILES string of the molecule is CO[C@@H]1C[C@@H]2C(=O)N([C@H]3CCN(c4cc(C)nn4C)C3=O)C(=O)N2C1. The normalized spacial score (nSPS) is 29.3. The van der Waals surface area contributed by atoms with Crippen LogP contribution in [-0.4, -0.2) is 75.8 Å². The van der Waals surface area contributed by atoms with Gasteiger partial charge in [0, 0.05) is 39.7 Å². The van der Waals surface area contributed by atoms with Crippen molar-refractivity contribution in [2.45, 2.75) is 38.0 Å². The van der Waals surface area contributed by atoms with E-state index in [4.69, 9.17) is 4.74 Å². The number of aromatic nitrogens is 2. The van der Waals surface area contributed by atoms with Crippen molar-refractivity contribution in [3.05, 3.63) is 11.8 Å². The minimum absolute atomic E-state index is 0.117. The minimum Gasteiger partial charge on any atom is -0.380 e. The zero-order chi connectivity index (χ0) is 17.9. The molecule has 134 valence electrons. The molecule has 25 heavy (non-hydrogen) atoms. The Morgan fingerprint density at radius 3 is 2.56 bits per heavy atom. The first-order chi connectivity index (χ1) is 11.9. The number of anilines is 1. The molecular weight excluding hydrogens is 326 g/mol. The van der Waals surface area contributed by atoms with E-state index in [9.17, 15) is 14.4 Å². The van der Waals surface area contributed by atoms with E-state index in [1.807, 2.05) is 13.0 Å². The van der Waals surface area contributed by atoms with Gasteiger partial charge >= 0.3 is 6.03 Å². The summed E-state index contributed by atoms with van der Waals surface area (Å²) in [6, 6.07) is 0.214. The van der Waals surface area contributed by atoms with E-state index >= 15 is 0 Å². The molecule has 0 bridgehead atoms. The molecule has 9 heteroatoms. The first-order valence-electron chi connectivity index (χ1n) is 8.41. The van der Waals surface area contributed by atoms with Crippen LogP contribution < -0.4 is 4.90 Å². The molecule has 3 atom stereocenters. The Bertz CT molecular complexity index is 736. The lowest BCUT2D eigenvalue weighted by atomic mass is 10.1. The van der Waals surface area contributed by atoms with Gasteiger partial charge in [0.15, 0.2) is 0 Å². The van der Waals surface area contributed by atoms with Gasteiger partial charge in [-0.15, -0.1) is 0 Å². The maximum absolute atomic E-state index is 12.9. The summed E-state index contributed by atoms with van der Waals surface area (Å²) in [5.74, 6) is 0.171. The van der Waals surface area contributed by atoms with Crippen LogP contribution in [0, 0.1) is 6.92 Å². The van der Waals surface area contributed by atoms with E-state index in [2.05, 4.69) is 5.10 Å². The predicted octanol–water partition coefficient (Wildman–Crippen LogP) is -0.115. The van der Waals surface area contributed by atoms with E-state index in [0.717, 1.165) is 10.6 Å². The van der Waals surface area contributed by atoms with Crippen molar-refractivity contribution in [2.24, 2.45) is 7.05 Å². The summed E-state index contributed by atoms with van der Waals surface area (Å²) in [5, 5.41) is 4.26. The molecule has 0 radical (unpaired) electrons. The van der Waals surface area contributed by atoms with Crippen molar-refractivity contribution in [2.75, 3.05) is 25.1 Å². The van der Waals surface area contributed by atoms with Crippen molar-refractivity contribution in [3.63, 3.8) is 0 Å². The van der Waals surface area contributed by atoms with E-state index in [-0.39, 0.29) is 23.9 Å². The number of aryl methyl sites for hydroxylation is 2. The van der Waals surface area contributed by atoms with Crippen LogP contribution in [0.15, 0.2) is 6.07 Å². The molecule has 0 saturated carbocycles. The van der Waals surface area contributed by atoms with Crippen LogP contribution in [0.2, 0.25) is 0 Å². The lowest BCUT2D eigenvalue weighted by Gasteiger charge is -2.23. The van der Waals surface area contributed by atoms with Crippen LogP contribution in [0.5, 0.6) is 0 Å². The number of imide groups is 1. The van der Waals surface area contributed by atoms with Crippen LogP contribution >= 0.6 is 0 Å². The molecule has 9 nitrogen and oxygen atoms in total. The fourth-order valence-electron chi connectivity index (χ4n) is 4.08. The van der Waals surface area contributed by atoms with Gasteiger partial charge in [-0.1, -0.05) is 0 Å². The van der Waals surface area contributed by atoms with Crippen molar-refractivity contribution in [3.8, 4) is 0 Å². The number of methoxy groups -OCH3 is 1. The van der Waals surface area contributed by atoms with Gasteiger partial charge in [0.2, 0.25) is 0 Å². The summed E-state index contributed by atoms with van der Waals surface area (Å²) in [7, 11) is 3.35. The maximum atomic E-state index is 12.9. The zero-order valence-electron chi connectivity index (χ0n) is 14.5. The third-order valence-electron chi connectivity index (χ3n) is 5.31. The molecule has 0 spiro atoms. The zero-order valence-corrected chi connectivity index (χ0v) is 14.5. The summed E-state index contributed by atoms with van der Waals surface area (Å²) in [6.07, 6.45) is 0.811. The fraction of sp³-hybridized carbons (Fsp3) is 0.625. The van der Waals surface area contributed by atoms with Gasteiger partial charge in [0.05, 0.1) is 11.8 Å². The van der Waals surface area contributed by atoms with Gasteiger partial charge < -0.3 is 9.64 Å². The van der Waals surface area contributed by atoms with Gasteiger partial charge in [-0.2, -0.15) is 5.10 Å². The Hall–Kier alpha value is -2.42. The lowest BCUT2D eigenvalue weighted by molar-refractivity contribution is -0.134. The van der Waals surface area contributed by atoms with E-state index in [0.29, 0.717) is 31.7 Å². The summed E-state index contributed by atoms with van der Waals surface area (Å²) in [5.41, 5.74) is 0.813. The molecule has 1 aromatic heterocycles. The lowest BCUT2D eigenvalue weighted by Crippen LogP contribution is -2.47. The number of rotatable bonds is 3.